The number of carboxylic acid groups (broad SMARTS) is 1. The van der Waals surface area contributed by atoms with E-state index in [1.165, 1.54) is 9.80 Å². The van der Waals surface area contributed by atoms with Crippen LogP contribution >= 0.6 is 0 Å². The average molecular weight is 483 g/mol. The predicted molar refractivity (Wildman–Crippen MR) is 124 cm³/mol. The van der Waals surface area contributed by atoms with Crippen LogP contribution in [0, 0.1) is 0 Å². The van der Waals surface area contributed by atoms with Gasteiger partial charge in [0, 0.05) is 17.7 Å². The van der Waals surface area contributed by atoms with E-state index in [-0.39, 0.29) is 6.54 Å². The third-order valence-corrected chi connectivity index (χ3v) is 6.40. The van der Waals surface area contributed by atoms with Crippen molar-refractivity contribution >= 4 is 35.1 Å². The molecule has 2 aromatic rings. The number of aliphatic hydroxyl groups is 1. The molecule has 35 heavy (non-hydrogen) atoms. The molecule has 0 bridgehead atoms. The number of carboxylic acids is 1. The summed E-state index contributed by atoms with van der Waals surface area (Å²) in [6, 6.07) is 11.0. The normalized spacial score (nSPS) is 18.3. The highest BCUT2D eigenvalue weighted by molar-refractivity contribution is 6.04. The first-order valence-corrected chi connectivity index (χ1v) is 11.4. The predicted octanol–water partition coefficient (Wildman–Crippen LogP) is 2.69. The van der Waals surface area contributed by atoms with E-state index in [1.54, 1.807) is 48.5 Å². The third-order valence-electron chi connectivity index (χ3n) is 6.40. The molecular weight excluding hydrogens is 457 g/mol. The van der Waals surface area contributed by atoms with Gasteiger partial charge in [-0.2, -0.15) is 0 Å². The van der Waals surface area contributed by atoms with E-state index in [1.807, 2.05) is 0 Å². The van der Waals surface area contributed by atoms with Crippen molar-refractivity contribution in [2.45, 2.75) is 43.9 Å². The van der Waals surface area contributed by atoms with Gasteiger partial charge in [0.25, 0.3) is 0 Å². The Kier molecular flexibility index (Phi) is 7.11. The minimum Gasteiger partial charge on any atom is -0.481 e. The number of carbonyl (C=O) groups is 4. The molecule has 10 heteroatoms. The summed E-state index contributed by atoms with van der Waals surface area (Å²) in [5.41, 5.74) is 2.08. The molecular formula is C25H26FN3O6. The average Bonchev–Trinajstić information content (AvgIpc) is 2.87. The number of likely N-dealkylation sites (tertiary alicyclic amines) is 1. The molecule has 9 nitrogen and oxygen atoms in total. The first-order valence-electron chi connectivity index (χ1n) is 11.4. The topological polar surface area (TPSA) is 127 Å². The van der Waals surface area contributed by atoms with E-state index in [9.17, 15) is 28.7 Å². The second-order valence-corrected chi connectivity index (χ2v) is 8.60. The van der Waals surface area contributed by atoms with Gasteiger partial charge in [0.15, 0.2) is 5.78 Å². The summed E-state index contributed by atoms with van der Waals surface area (Å²) in [6.45, 7) is -1.14. The Hall–Kier alpha value is -3.79. The number of aliphatic hydroxyl groups excluding tert-OH is 1. The number of Topliss-reactive ketones (excluding diaryl/α,β-unsaturated/α-hetero) is 1. The van der Waals surface area contributed by atoms with Gasteiger partial charge < -0.3 is 20.4 Å². The molecule has 0 aromatic heterocycles. The minimum absolute atomic E-state index is 0.265. The maximum atomic E-state index is 13.9. The summed E-state index contributed by atoms with van der Waals surface area (Å²) in [4.78, 5) is 52.9. The number of hydrogen-bond donors (Lipinski definition) is 3. The van der Waals surface area contributed by atoms with E-state index < -0.39 is 55.0 Å². The van der Waals surface area contributed by atoms with E-state index in [0.717, 1.165) is 0 Å². The van der Waals surface area contributed by atoms with Gasteiger partial charge in [-0.25, -0.2) is 9.18 Å². The number of halogens is 1. The van der Waals surface area contributed by atoms with Gasteiger partial charge in [-0.1, -0.05) is 36.4 Å². The summed E-state index contributed by atoms with van der Waals surface area (Å²) in [5.74, 6) is -3.10. The molecule has 2 unspecified atom stereocenters. The van der Waals surface area contributed by atoms with Gasteiger partial charge in [-0.05, 0) is 31.4 Å². The van der Waals surface area contributed by atoms with Crippen molar-refractivity contribution < 1.29 is 33.8 Å². The number of carbonyl (C=O) groups excluding carboxylic acids is 3. The molecule has 3 N–H and O–H groups in total. The van der Waals surface area contributed by atoms with Crippen LogP contribution < -0.4 is 10.2 Å². The highest BCUT2D eigenvalue weighted by Gasteiger charge is 2.40. The van der Waals surface area contributed by atoms with Crippen molar-refractivity contribution in [2.24, 2.45) is 0 Å². The molecule has 3 amide bonds. The monoisotopic (exact) mass is 483 g/mol. The maximum absolute atomic E-state index is 13.9. The maximum Gasteiger partial charge on any atom is 0.329 e. The van der Waals surface area contributed by atoms with Gasteiger partial charge in [0.1, 0.15) is 24.9 Å². The summed E-state index contributed by atoms with van der Waals surface area (Å²) < 4.78 is 13.0. The van der Waals surface area contributed by atoms with Crippen molar-refractivity contribution in [3.8, 4) is 0 Å². The number of ketones is 1. The molecule has 1 fully saturated rings. The first kappa shape index (κ1) is 24.3. The molecule has 0 radical (unpaired) electrons. The van der Waals surface area contributed by atoms with Crippen molar-refractivity contribution in [1.29, 1.82) is 0 Å². The molecule has 0 saturated carbocycles. The Morgan fingerprint density at radius 3 is 2.17 bits per heavy atom. The van der Waals surface area contributed by atoms with Crippen LogP contribution in [0.1, 0.15) is 42.9 Å². The van der Waals surface area contributed by atoms with E-state index >= 15 is 0 Å². The van der Waals surface area contributed by atoms with Crippen LogP contribution in [0.2, 0.25) is 0 Å². The molecule has 2 aromatic carbocycles. The molecule has 184 valence electrons. The lowest BCUT2D eigenvalue weighted by Crippen LogP contribution is -2.57. The number of para-hydroxylation sites is 2. The van der Waals surface area contributed by atoms with Crippen LogP contribution in [0.25, 0.3) is 0 Å². The fourth-order valence-electron chi connectivity index (χ4n) is 4.69. The number of piperidine rings is 1. The van der Waals surface area contributed by atoms with Gasteiger partial charge in [0.05, 0.1) is 17.8 Å². The van der Waals surface area contributed by atoms with Gasteiger partial charge in [-0.3, -0.25) is 19.3 Å². The Morgan fingerprint density at radius 1 is 1.00 bits per heavy atom. The molecule has 2 atom stereocenters. The number of rotatable bonds is 6. The van der Waals surface area contributed by atoms with Crippen LogP contribution in [0.15, 0.2) is 48.5 Å². The molecule has 2 heterocycles. The number of amides is 3. The Morgan fingerprint density at radius 2 is 1.60 bits per heavy atom. The molecule has 4 rings (SSSR count). The zero-order chi connectivity index (χ0) is 25.1. The zero-order valence-corrected chi connectivity index (χ0v) is 18.9. The number of anilines is 2. The summed E-state index contributed by atoms with van der Waals surface area (Å²) in [7, 11) is 0. The van der Waals surface area contributed by atoms with Crippen LogP contribution in [0.3, 0.4) is 0 Å². The van der Waals surface area contributed by atoms with Crippen LogP contribution in [0.5, 0.6) is 0 Å². The number of aliphatic carboxylic acids is 1. The second-order valence-electron chi connectivity index (χ2n) is 8.60. The van der Waals surface area contributed by atoms with E-state index in [0.29, 0.717) is 41.8 Å². The largest absolute Gasteiger partial charge is 0.481 e. The molecule has 0 aliphatic carbocycles. The van der Waals surface area contributed by atoms with Crippen LogP contribution in [-0.2, 0) is 14.4 Å². The number of hydrogen-bond acceptors (Lipinski definition) is 5. The number of nitrogens with one attached hydrogen (secondary N) is 1. The Bertz CT molecular complexity index is 1110. The summed E-state index contributed by atoms with van der Waals surface area (Å²) >= 11 is 0. The lowest BCUT2D eigenvalue weighted by atomic mass is 9.92. The summed E-state index contributed by atoms with van der Waals surface area (Å²) in [6.07, 6.45) is -0.0672. The van der Waals surface area contributed by atoms with Gasteiger partial charge in [0.2, 0.25) is 5.91 Å². The van der Waals surface area contributed by atoms with Crippen molar-refractivity contribution in [1.82, 2.24) is 10.2 Å². The van der Waals surface area contributed by atoms with Crippen LogP contribution in [-0.4, -0.2) is 64.1 Å². The van der Waals surface area contributed by atoms with Gasteiger partial charge >= 0.3 is 12.0 Å². The molecule has 1 saturated heterocycles. The number of urea groups is 1. The lowest BCUT2D eigenvalue weighted by molar-refractivity contribution is -0.140. The zero-order valence-electron chi connectivity index (χ0n) is 18.9. The quantitative estimate of drug-likeness (QED) is 0.580. The van der Waals surface area contributed by atoms with E-state index in [2.05, 4.69) is 5.32 Å². The molecule has 2 aliphatic rings. The smallest absolute Gasteiger partial charge is 0.329 e. The fraction of sp³-hybridized carbons (Fsp3) is 0.360. The first-order chi connectivity index (χ1) is 16.8. The number of alkyl halides is 1. The Balaban J connectivity index is 1.66. The summed E-state index contributed by atoms with van der Waals surface area (Å²) in [5, 5.41) is 22.3. The second kappa shape index (κ2) is 10.2. The number of benzene rings is 2. The lowest BCUT2D eigenvalue weighted by Gasteiger charge is -2.41. The Labute approximate surface area is 201 Å². The highest BCUT2D eigenvalue weighted by Crippen LogP contribution is 2.44. The van der Waals surface area contributed by atoms with Crippen molar-refractivity contribution in [3.63, 3.8) is 0 Å². The van der Waals surface area contributed by atoms with Crippen molar-refractivity contribution in [3.05, 3.63) is 59.7 Å². The SMILES string of the molecule is O=C(O)CC(NC(=O)C1CCCCN1C(=O)N1c2ccccc2C(O)c2ccccc21)C(=O)CF. The number of nitrogens with zero attached hydrogens (tertiary/aromatic N) is 2. The van der Waals surface area contributed by atoms with Crippen molar-refractivity contribution in [2.75, 3.05) is 18.1 Å². The van der Waals surface area contributed by atoms with Crippen LogP contribution in [0.4, 0.5) is 20.6 Å². The number of fused-ring (bicyclic) bond motifs is 2. The molecule has 0 spiro atoms. The molecule has 2 aliphatic heterocycles. The highest BCUT2D eigenvalue weighted by atomic mass is 19.1. The minimum atomic E-state index is -1.52. The third kappa shape index (κ3) is 4.74. The van der Waals surface area contributed by atoms with E-state index in [4.69, 9.17) is 5.11 Å². The standard InChI is InChI=1S/C25H26FN3O6/c26-14-21(30)17(13-22(31)32)27-24(34)20-11-5-6-12-28(20)25(35)29-18-9-3-1-7-15(18)23(33)16-8-2-4-10-19(16)29/h1-4,7-10,17,20,23,33H,5-6,11-14H2,(H,27,34)(H,31,32). The van der Waals surface area contributed by atoms with Gasteiger partial charge in [-0.15, -0.1) is 0 Å². The fourth-order valence-corrected chi connectivity index (χ4v) is 4.69.